The van der Waals surface area contributed by atoms with Gasteiger partial charge in [-0.2, -0.15) is 0 Å². The van der Waals surface area contributed by atoms with Crippen molar-refractivity contribution >= 4 is 11.6 Å². The number of primary amides is 1. The number of anilines is 1. The molecule has 0 spiro atoms. The zero-order chi connectivity index (χ0) is 14.8. The second-order valence-electron chi connectivity index (χ2n) is 4.98. The van der Waals surface area contributed by atoms with Crippen LogP contribution in [0.1, 0.15) is 21.8 Å². The first-order valence-electron chi connectivity index (χ1n) is 6.69. The average Bonchev–Trinajstić information content (AvgIpc) is 2.88. The van der Waals surface area contributed by atoms with Gasteiger partial charge in [-0.25, -0.2) is 0 Å². The molecule has 0 fully saturated rings. The number of benzene rings is 2. The molecule has 0 bridgehead atoms. The Labute approximate surface area is 122 Å². The number of nitrogen functional groups attached to an aromatic ring is 1. The van der Waals surface area contributed by atoms with E-state index >= 15 is 0 Å². The molecule has 1 aliphatic rings. The Bertz CT molecular complexity index is 685. The van der Waals surface area contributed by atoms with Crippen LogP contribution in [0.15, 0.2) is 42.5 Å². The Morgan fingerprint density at radius 1 is 1.29 bits per heavy atom. The van der Waals surface area contributed by atoms with E-state index in [0.717, 1.165) is 11.3 Å². The van der Waals surface area contributed by atoms with Crippen molar-refractivity contribution in [3.05, 3.63) is 53.6 Å². The molecule has 1 unspecified atom stereocenters. The van der Waals surface area contributed by atoms with E-state index in [1.165, 1.54) is 0 Å². The van der Waals surface area contributed by atoms with Crippen LogP contribution in [0.4, 0.5) is 5.69 Å². The lowest BCUT2D eigenvalue weighted by Crippen LogP contribution is -2.16. The third kappa shape index (κ3) is 2.63. The lowest BCUT2D eigenvalue weighted by Gasteiger charge is -2.14. The van der Waals surface area contributed by atoms with Crippen LogP contribution in [0, 0.1) is 0 Å². The molecule has 5 nitrogen and oxygen atoms in total. The van der Waals surface area contributed by atoms with E-state index in [1.54, 1.807) is 18.2 Å². The van der Waals surface area contributed by atoms with Gasteiger partial charge in [0.25, 0.3) is 5.91 Å². The number of hydrogen-bond donors (Lipinski definition) is 2. The van der Waals surface area contributed by atoms with Crippen molar-refractivity contribution in [3.8, 4) is 11.5 Å². The summed E-state index contributed by atoms with van der Waals surface area (Å²) in [5, 5.41) is 0. The van der Waals surface area contributed by atoms with Gasteiger partial charge in [-0.3, -0.25) is 4.79 Å². The first-order chi connectivity index (χ1) is 10.1. The van der Waals surface area contributed by atoms with Crippen LogP contribution in [0.5, 0.6) is 11.5 Å². The zero-order valence-corrected chi connectivity index (χ0v) is 11.4. The number of fused-ring (bicyclic) bond motifs is 1. The van der Waals surface area contributed by atoms with Crippen LogP contribution < -0.4 is 20.9 Å². The predicted octanol–water partition coefficient (Wildman–Crippen LogP) is 1.92. The summed E-state index contributed by atoms with van der Waals surface area (Å²) in [5.74, 6) is 0.886. The molecule has 21 heavy (non-hydrogen) atoms. The molecule has 2 aromatic rings. The van der Waals surface area contributed by atoms with E-state index in [-0.39, 0.29) is 5.92 Å². The summed E-state index contributed by atoms with van der Waals surface area (Å²) >= 11 is 0. The maximum Gasteiger partial charge on any atom is 0.252 e. The second kappa shape index (κ2) is 5.36. The summed E-state index contributed by atoms with van der Waals surface area (Å²) in [6.07, 6.45) is 0. The molecule has 0 radical (unpaired) electrons. The number of ether oxygens (including phenoxy) is 2. The van der Waals surface area contributed by atoms with E-state index in [0.29, 0.717) is 30.2 Å². The molecule has 5 heteroatoms. The number of carbonyl (C=O) groups is 1. The van der Waals surface area contributed by atoms with Crippen LogP contribution in [0.25, 0.3) is 0 Å². The summed E-state index contributed by atoms with van der Waals surface area (Å²) in [6.45, 7) is 0.967. The third-order valence-electron chi connectivity index (χ3n) is 3.51. The molecule has 108 valence electrons. The van der Waals surface area contributed by atoms with Gasteiger partial charge in [0.15, 0.2) is 0 Å². The second-order valence-corrected chi connectivity index (χ2v) is 4.98. The molecule has 4 N–H and O–H groups in total. The highest BCUT2D eigenvalue weighted by molar-refractivity contribution is 5.96. The monoisotopic (exact) mass is 284 g/mol. The molecule has 1 heterocycles. The van der Waals surface area contributed by atoms with Crippen LogP contribution in [0.2, 0.25) is 0 Å². The van der Waals surface area contributed by atoms with Crippen molar-refractivity contribution in [2.45, 2.75) is 5.92 Å². The van der Waals surface area contributed by atoms with E-state index in [1.807, 2.05) is 24.3 Å². The van der Waals surface area contributed by atoms with Crippen molar-refractivity contribution in [2.75, 3.05) is 18.9 Å². The molecule has 3 rings (SSSR count). The Morgan fingerprint density at radius 2 is 2.10 bits per heavy atom. The molecular weight excluding hydrogens is 268 g/mol. The molecule has 1 aliphatic heterocycles. The number of rotatable bonds is 4. The minimum atomic E-state index is -0.534. The lowest BCUT2D eigenvalue weighted by atomic mass is 10.0. The van der Waals surface area contributed by atoms with E-state index in [4.69, 9.17) is 20.9 Å². The average molecular weight is 284 g/mol. The van der Waals surface area contributed by atoms with Crippen molar-refractivity contribution in [2.24, 2.45) is 5.73 Å². The lowest BCUT2D eigenvalue weighted by molar-refractivity contribution is 0.0996. The summed E-state index contributed by atoms with van der Waals surface area (Å²) in [7, 11) is 0. The minimum absolute atomic E-state index is 0.128. The van der Waals surface area contributed by atoms with Crippen molar-refractivity contribution < 1.29 is 14.3 Å². The van der Waals surface area contributed by atoms with Gasteiger partial charge in [0.05, 0.1) is 24.7 Å². The van der Waals surface area contributed by atoms with Gasteiger partial charge in [-0.05, 0) is 18.2 Å². The Balaban J connectivity index is 1.77. The number of carbonyl (C=O) groups excluding carboxylic acids is 1. The van der Waals surface area contributed by atoms with Crippen molar-refractivity contribution in [1.29, 1.82) is 0 Å². The molecule has 0 aromatic heterocycles. The van der Waals surface area contributed by atoms with Gasteiger partial charge in [0, 0.05) is 17.3 Å². The minimum Gasteiger partial charge on any atom is -0.493 e. The first-order valence-corrected chi connectivity index (χ1v) is 6.69. The molecule has 0 saturated heterocycles. The first kappa shape index (κ1) is 13.3. The predicted molar refractivity (Wildman–Crippen MR) is 79.5 cm³/mol. The SMILES string of the molecule is NC(=O)c1ccc(N)cc1OCC1COc2ccccc21. The highest BCUT2D eigenvalue weighted by Gasteiger charge is 2.24. The Kier molecular flexibility index (Phi) is 3.39. The molecule has 1 atom stereocenters. The van der Waals surface area contributed by atoms with Gasteiger partial charge in [0.2, 0.25) is 0 Å². The third-order valence-corrected chi connectivity index (χ3v) is 3.51. The summed E-state index contributed by atoms with van der Waals surface area (Å²) in [5.41, 5.74) is 13.0. The Hall–Kier alpha value is -2.69. The van der Waals surface area contributed by atoms with Gasteiger partial charge < -0.3 is 20.9 Å². The topological polar surface area (TPSA) is 87.6 Å². The van der Waals surface area contributed by atoms with Crippen LogP contribution >= 0.6 is 0 Å². The fourth-order valence-electron chi connectivity index (χ4n) is 2.42. The highest BCUT2D eigenvalue weighted by atomic mass is 16.5. The summed E-state index contributed by atoms with van der Waals surface area (Å²) in [6, 6.07) is 12.7. The standard InChI is InChI=1S/C16H16N2O3/c17-11-5-6-13(16(18)19)15(7-11)21-9-10-8-20-14-4-2-1-3-12(10)14/h1-7,10H,8-9,17H2,(H2,18,19). The number of hydrogen-bond acceptors (Lipinski definition) is 4. The quantitative estimate of drug-likeness (QED) is 0.840. The van der Waals surface area contributed by atoms with Gasteiger partial charge in [-0.15, -0.1) is 0 Å². The van der Waals surface area contributed by atoms with E-state index < -0.39 is 5.91 Å². The van der Waals surface area contributed by atoms with Crippen molar-refractivity contribution in [3.63, 3.8) is 0 Å². The maximum atomic E-state index is 11.4. The fraction of sp³-hybridized carbons (Fsp3) is 0.188. The Morgan fingerprint density at radius 3 is 2.90 bits per heavy atom. The number of amides is 1. The van der Waals surface area contributed by atoms with Gasteiger partial charge >= 0.3 is 0 Å². The molecule has 0 saturated carbocycles. The van der Waals surface area contributed by atoms with Crippen LogP contribution in [0.3, 0.4) is 0 Å². The van der Waals surface area contributed by atoms with Crippen molar-refractivity contribution in [1.82, 2.24) is 0 Å². The van der Waals surface area contributed by atoms with Crippen LogP contribution in [-0.2, 0) is 0 Å². The zero-order valence-electron chi connectivity index (χ0n) is 11.4. The fourth-order valence-corrected chi connectivity index (χ4v) is 2.42. The smallest absolute Gasteiger partial charge is 0.252 e. The molecule has 0 aliphatic carbocycles. The van der Waals surface area contributed by atoms with Gasteiger partial charge in [-0.1, -0.05) is 18.2 Å². The largest absolute Gasteiger partial charge is 0.493 e. The molecular formula is C16H16N2O3. The van der Waals surface area contributed by atoms with Crippen LogP contribution in [-0.4, -0.2) is 19.1 Å². The van der Waals surface area contributed by atoms with E-state index in [2.05, 4.69) is 0 Å². The molecule has 2 aromatic carbocycles. The summed E-state index contributed by atoms with van der Waals surface area (Å²) in [4.78, 5) is 11.4. The molecule has 1 amide bonds. The number of nitrogens with two attached hydrogens (primary N) is 2. The highest BCUT2D eigenvalue weighted by Crippen LogP contribution is 2.34. The van der Waals surface area contributed by atoms with E-state index in [9.17, 15) is 4.79 Å². The number of para-hydroxylation sites is 1. The summed E-state index contributed by atoms with van der Waals surface area (Å²) < 4.78 is 11.4. The maximum absolute atomic E-state index is 11.4. The van der Waals surface area contributed by atoms with Gasteiger partial charge in [0.1, 0.15) is 11.5 Å². The normalized spacial score (nSPS) is 16.1.